The second-order valence-electron chi connectivity index (χ2n) is 16.8. The summed E-state index contributed by atoms with van der Waals surface area (Å²) >= 11 is 0. The Kier molecular flexibility index (Phi) is 35.8. The van der Waals surface area contributed by atoms with Crippen molar-refractivity contribution in [1.29, 1.82) is 0 Å². The highest BCUT2D eigenvalue weighted by Crippen LogP contribution is 2.43. The van der Waals surface area contributed by atoms with E-state index in [2.05, 4.69) is 19.2 Å². The number of hydrogen-bond acceptors (Lipinski definition) is 5. The lowest BCUT2D eigenvalue weighted by molar-refractivity contribution is -0.870. The summed E-state index contributed by atoms with van der Waals surface area (Å²) in [6, 6.07) is -0.751. The second-order valence-corrected chi connectivity index (χ2v) is 18.2. The van der Waals surface area contributed by atoms with Gasteiger partial charge in [0.25, 0.3) is 0 Å². The first kappa shape index (κ1) is 51.5. The number of nitrogens with one attached hydrogen (secondary N) is 1. The molecule has 0 spiro atoms. The molecule has 3 atom stereocenters. The Morgan fingerprint density at radius 1 is 0.577 bits per heavy atom. The number of hydrogen-bond donors (Lipinski definition) is 3. The molecule has 0 aromatic carbocycles. The number of phosphoric ester groups is 1. The highest BCUT2D eigenvalue weighted by atomic mass is 31.2. The van der Waals surface area contributed by atoms with Gasteiger partial charge in [0.05, 0.1) is 39.9 Å². The maximum absolute atomic E-state index is 12.8. The molecule has 0 aromatic rings. The summed E-state index contributed by atoms with van der Waals surface area (Å²) in [6.07, 6.45) is 38.4. The molecule has 0 aromatic heterocycles. The lowest BCUT2D eigenvalue weighted by atomic mass is 10.0. The van der Waals surface area contributed by atoms with E-state index in [0.29, 0.717) is 23.9 Å². The summed E-state index contributed by atoms with van der Waals surface area (Å²) in [5.41, 5.74) is 0. The second kappa shape index (κ2) is 36.2. The third-order valence-electron chi connectivity index (χ3n) is 10.4. The fourth-order valence-corrected chi connectivity index (χ4v) is 7.49. The number of likely N-dealkylation sites (N-methyl/N-ethyl adjacent to an activating group) is 1. The van der Waals surface area contributed by atoms with Crippen molar-refractivity contribution in [2.24, 2.45) is 0 Å². The molecule has 1 amide bonds. The van der Waals surface area contributed by atoms with E-state index in [4.69, 9.17) is 9.05 Å². The molecule has 3 unspecified atom stereocenters. The molecular weight excluding hydrogens is 671 g/mol. The largest absolute Gasteiger partial charge is 0.472 e. The monoisotopic (exact) mass is 762 g/mol. The summed E-state index contributed by atoms with van der Waals surface area (Å²) in [6.45, 7) is 4.89. The fraction of sp³-hybridized carbons (Fsp3) is 0.977. The molecule has 52 heavy (non-hydrogen) atoms. The van der Waals surface area contributed by atoms with E-state index in [0.717, 1.165) is 38.5 Å². The molecule has 0 aliphatic rings. The van der Waals surface area contributed by atoms with Gasteiger partial charge in [0.15, 0.2) is 0 Å². The Balaban J connectivity index is 4.24. The molecule has 0 fully saturated rings. The van der Waals surface area contributed by atoms with Gasteiger partial charge < -0.3 is 19.8 Å². The highest BCUT2D eigenvalue weighted by Gasteiger charge is 2.28. The minimum Gasteiger partial charge on any atom is -0.391 e. The van der Waals surface area contributed by atoms with Gasteiger partial charge in [-0.3, -0.25) is 13.8 Å². The van der Waals surface area contributed by atoms with Gasteiger partial charge in [0.1, 0.15) is 13.2 Å². The molecule has 9 heteroatoms. The summed E-state index contributed by atoms with van der Waals surface area (Å²) in [5, 5.41) is 13.9. The number of quaternary nitrogens is 1. The van der Waals surface area contributed by atoms with Crippen molar-refractivity contribution in [2.75, 3.05) is 40.9 Å². The number of carbonyl (C=O) groups excluding carboxylic acids is 1. The van der Waals surface area contributed by atoms with Crippen LogP contribution in [-0.4, -0.2) is 73.4 Å². The van der Waals surface area contributed by atoms with E-state index in [9.17, 15) is 19.4 Å². The molecule has 0 bridgehead atoms. The quantitative estimate of drug-likeness (QED) is 0.0325. The zero-order valence-corrected chi connectivity index (χ0v) is 36.2. The predicted octanol–water partition coefficient (Wildman–Crippen LogP) is 12.2. The number of rotatable bonds is 41. The van der Waals surface area contributed by atoms with E-state index >= 15 is 0 Å². The molecule has 0 aliphatic carbocycles. The van der Waals surface area contributed by atoms with Crippen LogP contribution in [0.2, 0.25) is 0 Å². The number of phosphoric acid groups is 1. The SMILES string of the molecule is CCCCCCCCCCCCCCCCCCCCCCC(O)C(COP(=O)(O)OCC[N+](C)(C)C)NC(=O)CCCCCCCCCCCC. The number of aliphatic hydroxyl groups excluding tert-OH is 1. The van der Waals surface area contributed by atoms with Crippen molar-refractivity contribution in [3.05, 3.63) is 0 Å². The van der Waals surface area contributed by atoms with Gasteiger partial charge in [-0.2, -0.15) is 0 Å². The van der Waals surface area contributed by atoms with Crippen LogP contribution in [0.3, 0.4) is 0 Å². The number of nitrogens with zero attached hydrogens (tertiary/aromatic N) is 1. The highest BCUT2D eigenvalue weighted by molar-refractivity contribution is 7.47. The summed E-state index contributed by atoms with van der Waals surface area (Å²) in [4.78, 5) is 23.1. The van der Waals surface area contributed by atoms with Crippen molar-refractivity contribution >= 4 is 13.7 Å². The minimum atomic E-state index is -4.30. The Morgan fingerprint density at radius 2 is 0.923 bits per heavy atom. The first-order valence-electron chi connectivity index (χ1n) is 22.4. The lowest BCUT2D eigenvalue weighted by Crippen LogP contribution is -2.46. The Hall–Kier alpha value is -0.500. The Bertz CT molecular complexity index is 824. The Labute approximate surface area is 323 Å². The van der Waals surface area contributed by atoms with Gasteiger partial charge >= 0.3 is 7.82 Å². The van der Waals surface area contributed by atoms with Crippen LogP contribution in [0, 0.1) is 0 Å². The van der Waals surface area contributed by atoms with Gasteiger partial charge in [0.2, 0.25) is 5.91 Å². The first-order valence-corrected chi connectivity index (χ1v) is 23.9. The van der Waals surface area contributed by atoms with Crippen molar-refractivity contribution in [3.63, 3.8) is 0 Å². The van der Waals surface area contributed by atoms with Crippen molar-refractivity contribution in [2.45, 2.75) is 231 Å². The van der Waals surface area contributed by atoms with Crippen LogP contribution < -0.4 is 5.32 Å². The lowest BCUT2D eigenvalue weighted by Gasteiger charge is -2.26. The standard InChI is InChI=1S/C43H89N2O6P/c1-6-8-10-12-14-16-18-19-20-21-22-23-24-25-26-27-28-30-32-34-36-42(46)41(40-51-52(48,49)50-39-38-45(3,4)5)44-43(47)37-35-33-31-29-17-15-13-11-9-7-2/h41-42,46H,6-40H2,1-5H3,(H-,44,47,48,49)/p+1. The molecule has 0 heterocycles. The number of amides is 1. The minimum absolute atomic E-state index is 0.0784. The molecule has 0 rings (SSSR count). The molecule has 0 saturated heterocycles. The molecule has 0 aliphatic heterocycles. The van der Waals surface area contributed by atoms with Crippen LogP contribution in [0.1, 0.15) is 219 Å². The predicted molar refractivity (Wildman–Crippen MR) is 222 cm³/mol. The number of aliphatic hydroxyl groups is 1. The molecule has 8 nitrogen and oxygen atoms in total. The fourth-order valence-electron chi connectivity index (χ4n) is 6.75. The molecule has 3 N–H and O–H groups in total. The number of unbranched alkanes of at least 4 members (excludes halogenated alkanes) is 28. The smallest absolute Gasteiger partial charge is 0.391 e. The van der Waals surface area contributed by atoms with Crippen molar-refractivity contribution in [1.82, 2.24) is 5.32 Å². The average Bonchev–Trinajstić information content (AvgIpc) is 3.09. The van der Waals surface area contributed by atoms with E-state index in [1.807, 2.05) is 21.1 Å². The number of carbonyl (C=O) groups is 1. The molecule has 312 valence electrons. The van der Waals surface area contributed by atoms with Crippen LogP contribution in [0.5, 0.6) is 0 Å². The van der Waals surface area contributed by atoms with Gasteiger partial charge in [-0.05, 0) is 12.8 Å². The third kappa shape index (κ3) is 37.8. The average molecular weight is 762 g/mol. The maximum atomic E-state index is 12.8. The van der Waals surface area contributed by atoms with Gasteiger partial charge in [-0.1, -0.05) is 200 Å². The molecular formula is C43H90N2O6P+. The van der Waals surface area contributed by atoms with E-state index in [-0.39, 0.29) is 19.1 Å². The normalized spacial score (nSPS) is 14.4. The molecule has 0 saturated carbocycles. The first-order chi connectivity index (χ1) is 25.0. The summed E-state index contributed by atoms with van der Waals surface area (Å²) in [5.74, 6) is -0.144. The molecule has 0 radical (unpaired) electrons. The van der Waals surface area contributed by atoms with Crippen LogP contribution in [0.15, 0.2) is 0 Å². The van der Waals surface area contributed by atoms with Crippen LogP contribution in [0.25, 0.3) is 0 Å². The van der Waals surface area contributed by atoms with Crippen LogP contribution in [0.4, 0.5) is 0 Å². The Morgan fingerprint density at radius 3 is 1.29 bits per heavy atom. The summed E-state index contributed by atoms with van der Waals surface area (Å²) < 4.78 is 23.6. The third-order valence-corrected chi connectivity index (χ3v) is 11.3. The maximum Gasteiger partial charge on any atom is 0.472 e. The van der Waals surface area contributed by atoms with Gasteiger partial charge in [0, 0.05) is 6.42 Å². The van der Waals surface area contributed by atoms with Crippen molar-refractivity contribution in [3.8, 4) is 0 Å². The zero-order valence-electron chi connectivity index (χ0n) is 35.3. The van der Waals surface area contributed by atoms with Gasteiger partial charge in [-0.15, -0.1) is 0 Å². The van der Waals surface area contributed by atoms with Crippen LogP contribution >= 0.6 is 7.82 Å². The summed E-state index contributed by atoms with van der Waals surface area (Å²) in [7, 11) is 1.63. The van der Waals surface area contributed by atoms with E-state index in [1.54, 1.807) is 0 Å². The topological polar surface area (TPSA) is 105 Å². The van der Waals surface area contributed by atoms with Crippen molar-refractivity contribution < 1.29 is 32.9 Å². The zero-order chi connectivity index (χ0) is 38.6. The van der Waals surface area contributed by atoms with E-state index in [1.165, 1.54) is 154 Å². The van der Waals surface area contributed by atoms with Gasteiger partial charge in [-0.25, -0.2) is 4.57 Å². The van der Waals surface area contributed by atoms with E-state index < -0.39 is 20.0 Å². The van der Waals surface area contributed by atoms with Crippen LogP contribution in [-0.2, 0) is 18.4 Å².